The first-order valence-corrected chi connectivity index (χ1v) is 10.7. The molecule has 7 nitrogen and oxygen atoms in total. The van der Waals surface area contributed by atoms with Crippen LogP contribution in [0.2, 0.25) is 5.02 Å². The normalized spacial score (nSPS) is 22.6. The maximum atomic E-state index is 12.3. The molecule has 1 fully saturated rings. The average molecular weight is 432 g/mol. The number of pyridine rings is 1. The summed E-state index contributed by atoms with van der Waals surface area (Å²) < 4.78 is 5.83. The number of carbonyl (C=O) groups is 1. The van der Waals surface area contributed by atoms with Crippen molar-refractivity contribution in [2.45, 2.75) is 37.2 Å². The van der Waals surface area contributed by atoms with Crippen LogP contribution in [0.15, 0.2) is 48.9 Å². The van der Waals surface area contributed by atoms with E-state index < -0.39 is 5.60 Å². The molecule has 4 heterocycles. The van der Waals surface area contributed by atoms with Gasteiger partial charge < -0.3 is 9.72 Å². The summed E-state index contributed by atoms with van der Waals surface area (Å²) in [5, 5.41) is 0.607. The number of benzene rings is 1. The minimum absolute atomic E-state index is 0.239. The quantitative estimate of drug-likeness (QED) is 0.458. The van der Waals surface area contributed by atoms with E-state index in [-0.39, 0.29) is 11.9 Å². The molecule has 1 aliphatic heterocycles. The molecule has 0 radical (unpaired) electrons. The van der Waals surface area contributed by atoms with Gasteiger partial charge in [0.25, 0.3) is 0 Å². The molecule has 6 rings (SSSR count). The minimum atomic E-state index is -0.555. The number of ether oxygens (including phenoxy) is 1. The molecule has 0 saturated heterocycles. The van der Waals surface area contributed by atoms with Crippen LogP contribution in [-0.4, -0.2) is 30.9 Å². The smallest absolute Gasteiger partial charge is 0.339 e. The fourth-order valence-electron chi connectivity index (χ4n) is 4.74. The Bertz CT molecular complexity index is 1330. The second kappa shape index (κ2) is 6.85. The largest absolute Gasteiger partial charge is 0.450 e. The number of imidazole rings is 1. The van der Waals surface area contributed by atoms with Gasteiger partial charge in [0, 0.05) is 29.4 Å². The van der Waals surface area contributed by atoms with Crippen molar-refractivity contribution in [3.8, 4) is 11.4 Å². The van der Waals surface area contributed by atoms with Gasteiger partial charge in [-0.1, -0.05) is 23.7 Å². The number of nitrogens with zero attached hydrogens (tertiary/aromatic N) is 4. The van der Waals surface area contributed by atoms with E-state index in [4.69, 9.17) is 21.3 Å². The lowest BCUT2D eigenvalue weighted by Gasteiger charge is -2.35. The Hall–Kier alpha value is -3.32. The number of nitrogens with one attached hydrogen (secondary N) is 1. The van der Waals surface area contributed by atoms with Crippen LogP contribution in [0.1, 0.15) is 53.3 Å². The van der Waals surface area contributed by atoms with E-state index in [1.165, 1.54) is 0 Å². The van der Waals surface area contributed by atoms with Crippen molar-refractivity contribution in [2.24, 2.45) is 0 Å². The monoisotopic (exact) mass is 431 g/mol. The van der Waals surface area contributed by atoms with Crippen molar-refractivity contribution in [1.29, 1.82) is 0 Å². The Labute approximate surface area is 182 Å². The fourth-order valence-corrected chi connectivity index (χ4v) is 4.96. The van der Waals surface area contributed by atoms with Gasteiger partial charge in [0.05, 0.1) is 16.8 Å². The molecular formula is C23H18ClN5O2. The molecule has 1 aliphatic carbocycles. The number of esters is 1. The highest BCUT2D eigenvalue weighted by Crippen LogP contribution is 2.49. The maximum absolute atomic E-state index is 12.3. The van der Waals surface area contributed by atoms with Gasteiger partial charge in [-0.25, -0.2) is 19.7 Å². The SMILES string of the molecule is O=C1O[C@]2(CC[C@H](c3nc4nc(-c5ccccc5Cl)ncc4[nH]3)CC2)c2cnccc21. The van der Waals surface area contributed by atoms with Crippen LogP contribution in [0, 0.1) is 0 Å². The Kier molecular flexibility index (Phi) is 4.08. The van der Waals surface area contributed by atoms with Gasteiger partial charge in [-0.15, -0.1) is 0 Å². The van der Waals surface area contributed by atoms with E-state index in [2.05, 4.69) is 19.9 Å². The van der Waals surface area contributed by atoms with Crippen LogP contribution < -0.4 is 0 Å². The summed E-state index contributed by atoms with van der Waals surface area (Å²) in [5.41, 5.74) is 3.21. The first-order chi connectivity index (χ1) is 15.1. The number of rotatable bonds is 2. The average Bonchev–Trinajstić information content (AvgIpc) is 3.34. The van der Waals surface area contributed by atoms with Crippen LogP contribution in [0.25, 0.3) is 22.6 Å². The Morgan fingerprint density at radius 1 is 1.06 bits per heavy atom. The zero-order valence-corrected chi connectivity index (χ0v) is 17.3. The van der Waals surface area contributed by atoms with E-state index >= 15 is 0 Å². The third-order valence-corrected chi connectivity index (χ3v) is 6.70. The molecule has 0 amide bonds. The fraction of sp³-hybridized carbons (Fsp3) is 0.261. The van der Waals surface area contributed by atoms with Gasteiger partial charge in [-0.05, 0) is 43.9 Å². The number of fused-ring (bicyclic) bond motifs is 3. The lowest BCUT2D eigenvalue weighted by Crippen LogP contribution is -2.31. The molecular weight excluding hydrogens is 414 g/mol. The summed E-state index contributed by atoms with van der Waals surface area (Å²) in [6.45, 7) is 0. The predicted octanol–water partition coefficient (Wildman–Crippen LogP) is 4.79. The highest BCUT2D eigenvalue weighted by molar-refractivity contribution is 6.33. The second-order valence-corrected chi connectivity index (χ2v) is 8.52. The van der Waals surface area contributed by atoms with Crippen molar-refractivity contribution in [3.63, 3.8) is 0 Å². The molecule has 3 aromatic heterocycles. The van der Waals surface area contributed by atoms with Crippen LogP contribution in [0.3, 0.4) is 0 Å². The van der Waals surface area contributed by atoms with Crippen LogP contribution in [0.5, 0.6) is 0 Å². The molecule has 0 atom stereocenters. The Morgan fingerprint density at radius 3 is 2.74 bits per heavy atom. The molecule has 31 heavy (non-hydrogen) atoms. The zero-order valence-electron chi connectivity index (χ0n) is 16.5. The van der Waals surface area contributed by atoms with Crippen molar-refractivity contribution in [1.82, 2.24) is 24.9 Å². The minimum Gasteiger partial charge on any atom is -0.450 e. The maximum Gasteiger partial charge on any atom is 0.339 e. The first kappa shape index (κ1) is 18.4. The van der Waals surface area contributed by atoms with Crippen LogP contribution >= 0.6 is 11.6 Å². The summed E-state index contributed by atoms with van der Waals surface area (Å²) in [6, 6.07) is 9.25. The molecule has 1 saturated carbocycles. The van der Waals surface area contributed by atoms with E-state index in [0.717, 1.165) is 48.2 Å². The number of hydrogen-bond acceptors (Lipinski definition) is 6. The van der Waals surface area contributed by atoms with Crippen LogP contribution in [-0.2, 0) is 10.3 Å². The van der Waals surface area contributed by atoms with Crippen molar-refractivity contribution < 1.29 is 9.53 Å². The molecule has 0 unspecified atom stereocenters. The summed E-state index contributed by atoms with van der Waals surface area (Å²) in [5.74, 6) is 1.44. The van der Waals surface area contributed by atoms with E-state index in [9.17, 15) is 4.79 Å². The van der Waals surface area contributed by atoms with Gasteiger partial charge in [-0.3, -0.25) is 4.98 Å². The zero-order chi connectivity index (χ0) is 21.0. The topological polar surface area (TPSA) is 93.6 Å². The number of carbonyl (C=O) groups excluding carboxylic acids is 1. The van der Waals surface area contributed by atoms with Gasteiger partial charge in [0.1, 0.15) is 16.9 Å². The molecule has 154 valence electrons. The van der Waals surface area contributed by atoms with Gasteiger partial charge in [-0.2, -0.15) is 0 Å². The number of aromatic nitrogens is 5. The van der Waals surface area contributed by atoms with E-state index in [1.807, 2.05) is 24.3 Å². The van der Waals surface area contributed by atoms with E-state index in [1.54, 1.807) is 24.7 Å². The summed E-state index contributed by atoms with van der Waals surface area (Å²) >= 11 is 6.29. The standard InChI is InChI=1S/C23H18ClN5O2/c24-17-4-2-1-3-15(17)20-26-12-18-21(29-20)28-19(27-18)13-5-8-23(9-6-13)16-11-25-10-7-14(16)22(30)31-23/h1-4,7,10-13H,5-6,8-9H2,(H,26,27,28,29)/t13-,23-. The van der Waals surface area contributed by atoms with Crippen molar-refractivity contribution in [3.05, 3.63) is 70.9 Å². The van der Waals surface area contributed by atoms with E-state index in [0.29, 0.717) is 22.1 Å². The summed E-state index contributed by atoms with van der Waals surface area (Å²) in [4.78, 5) is 33.7. The summed E-state index contributed by atoms with van der Waals surface area (Å²) in [7, 11) is 0. The van der Waals surface area contributed by atoms with Gasteiger partial charge >= 0.3 is 5.97 Å². The van der Waals surface area contributed by atoms with Crippen molar-refractivity contribution in [2.75, 3.05) is 0 Å². The molecule has 1 spiro atoms. The number of aromatic amines is 1. The summed E-state index contributed by atoms with van der Waals surface area (Å²) in [6.07, 6.45) is 8.36. The van der Waals surface area contributed by atoms with Crippen molar-refractivity contribution >= 4 is 28.7 Å². The highest BCUT2D eigenvalue weighted by Gasteiger charge is 2.48. The molecule has 1 N–H and O–H groups in total. The number of H-pyrrole nitrogens is 1. The third-order valence-electron chi connectivity index (χ3n) is 6.37. The molecule has 0 bridgehead atoms. The lowest BCUT2D eigenvalue weighted by atomic mass is 9.75. The predicted molar refractivity (Wildman–Crippen MR) is 115 cm³/mol. The Balaban J connectivity index is 1.27. The van der Waals surface area contributed by atoms with Gasteiger partial charge in [0.2, 0.25) is 0 Å². The lowest BCUT2D eigenvalue weighted by molar-refractivity contribution is -0.0313. The van der Waals surface area contributed by atoms with Crippen LogP contribution in [0.4, 0.5) is 0 Å². The first-order valence-electron chi connectivity index (χ1n) is 10.3. The number of halogens is 1. The molecule has 8 heteroatoms. The third kappa shape index (κ3) is 2.91. The Morgan fingerprint density at radius 2 is 1.90 bits per heavy atom. The molecule has 1 aromatic carbocycles. The second-order valence-electron chi connectivity index (χ2n) is 8.11. The highest BCUT2D eigenvalue weighted by atomic mass is 35.5. The number of hydrogen-bond donors (Lipinski definition) is 1. The molecule has 2 aliphatic rings. The van der Waals surface area contributed by atoms with Gasteiger partial charge in [0.15, 0.2) is 11.5 Å². The molecule has 4 aromatic rings.